The number of ether oxygens (including phenoxy) is 3. The van der Waals surface area contributed by atoms with Gasteiger partial charge >= 0.3 is 5.97 Å². The van der Waals surface area contributed by atoms with Crippen LogP contribution in [0.3, 0.4) is 0 Å². The van der Waals surface area contributed by atoms with E-state index in [1.54, 1.807) is 6.92 Å². The van der Waals surface area contributed by atoms with E-state index in [1.807, 2.05) is 55.6 Å². The van der Waals surface area contributed by atoms with Crippen molar-refractivity contribution in [3.63, 3.8) is 0 Å². The van der Waals surface area contributed by atoms with E-state index in [1.165, 1.54) is 0 Å². The van der Waals surface area contributed by atoms with Gasteiger partial charge in [-0.3, -0.25) is 4.90 Å². The highest BCUT2D eigenvalue weighted by Gasteiger charge is 2.25. The quantitative estimate of drug-likeness (QED) is 0.604. The molecule has 0 fully saturated rings. The van der Waals surface area contributed by atoms with Crippen LogP contribution in [0.1, 0.15) is 23.0 Å². The minimum Gasteiger partial charge on any atom is -0.486 e. The molecule has 0 radical (unpaired) electrons. The van der Waals surface area contributed by atoms with Crippen molar-refractivity contribution in [2.75, 3.05) is 26.8 Å². The summed E-state index contributed by atoms with van der Waals surface area (Å²) in [6, 6.07) is 15.3. The maximum atomic E-state index is 12.4. The molecule has 0 bridgehead atoms. The Labute approximate surface area is 163 Å². The van der Waals surface area contributed by atoms with Crippen molar-refractivity contribution in [1.29, 1.82) is 0 Å². The van der Waals surface area contributed by atoms with Gasteiger partial charge in [0.25, 0.3) is 0 Å². The van der Waals surface area contributed by atoms with Gasteiger partial charge in [-0.1, -0.05) is 30.3 Å². The lowest BCUT2D eigenvalue weighted by molar-refractivity contribution is 0.0486. The molecule has 0 spiro atoms. The number of benzene rings is 2. The molecule has 28 heavy (non-hydrogen) atoms. The number of carbonyl (C=O) groups excluding carboxylic acids is 1. The molecule has 3 aromatic rings. The summed E-state index contributed by atoms with van der Waals surface area (Å²) in [5.41, 5.74) is 1.51. The van der Waals surface area contributed by atoms with E-state index in [2.05, 4.69) is 4.90 Å². The monoisotopic (exact) mass is 381 g/mol. The fraction of sp³-hybridized carbons (Fsp3) is 0.318. The van der Waals surface area contributed by atoms with Crippen LogP contribution >= 0.6 is 0 Å². The van der Waals surface area contributed by atoms with Crippen LogP contribution in [0.4, 0.5) is 0 Å². The number of furan rings is 1. The highest BCUT2D eigenvalue weighted by molar-refractivity contribution is 5.96. The summed E-state index contributed by atoms with van der Waals surface area (Å²) in [5.74, 6) is 1.36. The minimum atomic E-state index is -0.437. The standard InChI is InChI=1S/C22H23NO5/c1-3-25-22(24)21-17(16-8-4-5-9-18(16)28-21)13-23(2)12-15-14-26-19-10-6-7-11-20(19)27-15/h4-11,15H,3,12-14H2,1-2H3/t15-/m1/s1. The summed E-state index contributed by atoms with van der Waals surface area (Å²) >= 11 is 0. The predicted molar refractivity (Wildman–Crippen MR) is 105 cm³/mol. The van der Waals surface area contributed by atoms with Crippen molar-refractivity contribution in [2.45, 2.75) is 19.6 Å². The van der Waals surface area contributed by atoms with Gasteiger partial charge in [-0.15, -0.1) is 0 Å². The summed E-state index contributed by atoms with van der Waals surface area (Å²) in [6.07, 6.45) is -0.0934. The maximum absolute atomic E-state index is 12.4. The number of hydrogen-bond acceptors (Lipinski definition) is 6. The van der Waals surface area contributed by atoms with Gasteiger partial charge in [0.15, 0.2) is 11.5 Å². The van der Waals surface area contributed by atoms with E-state index >= 15 is 0 Å². The van der Waals surface area contributed by atoms with Crippen LogP contribution in [0.5, 0.6) is 11.5 Å². The predicted octanol–water partition coefficient (Wildman–Crippen LogP) is 3.88. The van der Waals surface area contributed by atoms with Crippen molar-refractivity contribution in [2.24, 2.45) is 0 Å². The van der Waals surface area contributed by atoms with Gasteiger partial charge in [0.1, 0.15) is 18.3 Å². The van der Waals surface area contributed by atoms with Crippen LogP contribution in [-0.4, -0.2) is 43.8 Å². The zero-order chi connectivity index (χ0) is 19.5. The normalized spacial score (nSPS) is 15.8. The van der Waals surface area contributed by atoms with Gasteiger partial charge < -0.3 is 18.6 Å². The highest BCUT2D eigenvalue weighted by Crippen LogP contribution is 2.32. The van der Waals surface area contributed by atoms with Crippen LogP contribution in [0.15, 0.2) is 52.9 Å². The molecule has 1 atom stereocenters. The lowest BCUT2D eigenvalue weighted by Gasteiger charge is -2.29. The first kappa shape index (κ1) is 18.4. The number of fused-ring (bicyclic) bond motifs is 2. The third-order valence-electron chi connectivity index (χ3n) is 4.67. The molecule has 4 rings (SSSR count). The first-order valence-corrected chi connectivity index (χ1v) is 9.40. The lowest BCUT2D eigenvalue weighted by Crippen LogP contribution is -2.39. The number of esters is 1. The van der Waals surface area contributed by atoms with Gasteiger partial charge in [0.2, 0.25) is 5.76 Å². The highest BCUT2D eigenvalue weighted by atomic mass is 16.6. The molecular formula is C22H23NO5. The molecule has 1 aliphatic heterocycles. The maximum Gasteiger partial charge on any atom is 0.374 e. The van der Waals surface area contributed by atoms with Crippen molar-refractivity contribution in [3.05, 3.63) is 59.9 Å². The molecule has 0 saturated heterocycles. The van der Waals surface area contributed by atoms with Crippen molar-refractivity contribution in [3.8, 4) is 11.5 Å². The molecule has 2 aromatic carbocycles. The Bertz CT molecular complexity index is 980. The molecular weight excluding hydrogens is 358 g/mol. The van der Waals surface area contributed by atoms with Crippen molar-refractivity contribution in [1.82, 2.24) is 4.90 Å². The first-order chi connectivity index (χ1) is 13.7. The summed E-state index contributed by atoms with van der Waals surface area (Å²) in [4.78, 5) is 14.5. The second kappa shape index (κ2) is 7.94. The summed E-state index contributed by atoms with van der Waals surface area (Å²) in [5, 5.41) is 0.920. The molecule has 6 heteroatoms. The Morgan fingerprint density at radius 2 is 1.89 bits per heavy atom. The van der Waals surface area contributed by atoms with Crippen LogP contribution in [0.2, 0.25) is 0 Å². The molecule has 6 nitrogen and oxygen atoms in total. The Balaban J connectivity index is 1.51. The average molecular weight is 381 g/mol. The van der Waals surface area contributed by atoms with E-state index in [0.717, 1.165) is 22.4 Å². The number of para-hydroxylation sites is 3. The zero-order valence-corrected chi connectivity index (χ0v) is 16.0. The van der Waals surface area contributed by atoms with E-state index in [0.29, 0.717) is 31.9 Å². The Kier molecular flexibility index (Phi) is 5.21. The molecule has 0 unspecified atom stereocenters. The third-order valence-corrected chi connectivity index (χ3v) is 4.67. The van der Waals surface area contributed by atoms with Gasteiger partial charge in [0.05, 0.1) is 6.61 Å². The zero-order valence-electron chi connectivity index (χ0n) is 16.0. The molecule has 0 saturated carbocycles. The Morgan fingerprint density at radius 3 is 2.71 bits per heavy atom. The SMILES string of the molecule is CCOC(=O)c1oc2ccccc2c1CN(C)C[C@@H]1COc2ccccc2O1. The van der Waals surface area contributed by atoms with Crippen molar-refractivity contribution >= 4 is 16.9 Å². The lowest BCUT2D eigenvalue weighted by atomic mass is 10.1. The van der Waals surface area contributed by atoms with Crippen LogP contribution in [0, 0.1) is 0 Å². The fourth-order valence-corrected chi connectivity index (χ4v) is 3.45. The summed E-state index contributed by atoms with van der Waals surface area (Å²) in [6.45, 7) is 3.75. The molecule has 1 aliphatic rings. The van der Waals surface area contributed by atoms with Crippen LogP contribution in [0.25, 0.3) is 11.0 Å². The largest absolute Gasteiger partial charge is 0.486 e. The van der Waals surface area contributed by atoms with Crippen LogP contribution < -0.4 is 9.47 Å². The van der Waals surface area contributed by atoms with Gasteiger partial charge in [-0.05, 0) is 32.2 Å². The molecule has 1 aromatic heterocycles. The molecule has 146 valence electrons. The van der Waals surface area contributed by atoms with Gasteiger partial charge in [0, 0.05) is 24.0 Å². The van der Waals surface area contributed by atoms with E-state index in [9.17, 15) is 4.79 Å². The smallest absolute Gasteiger partial charge is 0.374 e. The van der Waals surface area contributed by atoms with E-state index < -0.39 is 5.97 Å². The Hall–Kier alpha value is -2.99. The second-order valence-corrected chi connectivity index (χ2v) is 6.82. The average Bonchev–Trinajstić information content (AvgIpc) is 3.06. The number of likely N-dealkylation sites (N-methyl/N-ethyl adjacent to an activating group) is 1. The third kappa shape index (κ3) is 3.68. The molecule has 2 heterocycles. The van der Waals surface area contributed by atoms with E-state index in [-0.39, 0.29) is 11.9 Å². The molecule has 0 aliphatic carbocycles. The Morgan fingerprint density at radius 1 is 1.14 bits per heavy atom. The number of hydrogen-bond donors (Lipinski definition) is 0. The number of carbonyl (C=O) groups is 1. The van der Waals surface area contributed by atoms with Crippen molar-refractivity contribution < 1.29 is 23.4 Å². The summed E-state index contributed by atoms with van der Waals surface area (Å²) in [7, 11) is 1.99. The summed E-state index contributed by atoms with van der Waals surface area (Å²) < 4.78 is 22.8. The molecule has 0 N–H and O–H groups in total. The number of nitrogens with zero attached hydrogens (tertiary/aromatic N) is 1. The second-order valence-electron chi connectivity index (χ2n) is 6.82. The van der Waals surface area contributed by atoms with Crippen LogP contribution in [-0.2, 0) is 11.3 Å². The van der Waals surface area contributed by atoms with Gasteiger partial charge in [-0.25, -0.2) is 4.79 Å². The van der Waals surface area contributed by atoms with E-state index in [4.69, 9.17) is 18.6 Å². The topological polar surface area (TPSA) is 61.1 Å². The number of rotatable bonds is 6. The minimum absolute atomic E-state index is 0.0934. The van der Waals surface area contributed by atoms with Gasteiger partial charge in [-0.2, -0.15) is 0 Å². The fourth-order valence-electron chi connectivity index (χ4n) is 3.45. The first-order valence-electron chi connectivity index (χ1n) is 9.40. The molecule has 0 amide bonds.